The molecule has 0 radical (unpaired) electrons. The summed E-state index contributed by atoms with van der Waals surface area (Å²) in [7, 11) is -3.55. The molecule has 0 aromatic heterocycles. The van der Waals surface area contributed by atoms with E-state index < -0.39 is 10.0 Å². The van der Waals surface area contributed by atoms with Crippen LogP contribution in [0.2, 0.25) is 0 Å². The maximum absolute atomic E-state index is 11.7. The number of fused-ring (bicyclic) bond motifs is 1. The molecular weight excluding hydrogens is 354 g/mol. The SMILES string of the molecule is CC(C)(C)CC(=O)NCCCCOc1cccc2c1C(N)=NS(=O)(=O)C2. The van der Waals surface area contributed by atoms with Gasteiger partial charge in [-0.3, -0.25) is 4.79 Å². The molecule has 26 heavy (non-hydrogen) atoms. The van der Waals surface area contributed by atoms with Crippen molar-refractivity contribution in [1.29, 1.82) is 0 Å². The Morgan fingerprint density at radius 2 is 2.04 bits per heavy atom. The second-order valence-corrected chi connectivity index (χ2v) is 9.27. The van der Waals surface area contributed by atoms with Gasteiger partial charge in [0.1, 0.15) is 11.6 Å². The fraction of sp³-hybridized carbons (Fsp3) is 0.556. The van der Waals surface area contributed by atoms with Crippen molar-refractivity contribution in [2.24, 2.45) is 15.5 Å². The van der Waals surface area contributed by atoms with E-state index in [1.807, 2.05) is 20.8 Å². The van der Waals surface area contributed by atoms with Crippen LogP contribution in [0, 0.1) is 5.41 Å². The van der Waals surface area contributed by atoms with Gasteiger partial charge in [0.15, 0.2) is 0 Å². The number of unbranched alkanes of at least 4 members (excludes halogenated alkanes) is 1. The smallest absolute Gasteiger partial charge is 0.259 e. The first-order valence-corrected chi connectivity index (χ1v) is 10.3. The summed E-state index contributed by atoms with van der Waals surface area (Å²) >= 11 is 0. The fourth-order valence-corrected chi connectivity index (χ4v) is 3.80. The molecule has 144 valence electrons. The van der Waals surface area contributed by atoms with Crippen molar-refractivity contribution in [2.45, 2.75) is 45.8 Å². The van der Waals surface area contributed by atoms with E-state index in [9.17, 15) is 13.2 Å². The molecule has 1 aromatic carbocycles. The number of amides is 1. The number of benzene rings is 1. The van der Waals surface area contributed by atoms with Crippen LogP contribution in [0.15, 0.2) is 22.6 Å². The highest BCUT2D eigenvalue weighted by molar-refractivity contribution is 7.89. The fourth-order valence-electron chi connectivity index (χ4n) is 2.71. The maximum Gasteiger partial charge on any atom is 0.259 e. The van der Waals surface area contributed by atoms with Crippen LogP contribution in [-0.4, -0.2) is 33.3 Å². The number of hydrogen-bond donors (Lipinski definition) is 2. The Morgan fingerprint density at radius 3 is 2.73 bits per heavy atom. The minimum Gasteiger partial charge on any atom is -0.493 e. The summed E-state index contributed by atoms with van der Waals surface area (Å²) in [5, 5.41) is 2.90. The number of carbonyl (C=O) groups excluding carboxylic acids is 1. The number of nitrogens with zero attached hydrogens (tertiary/aromatic N) is 1. The van der Waals surface area contributed by atoms with Crippen LogP contribution in [0.5, 0.6) is 5.75 Å². The van der Waals surface area contributed by atoms with Gasteiger partial charge >= 0.3 is 0 Å². The third kappa shape index (κ3) is 6.01. The minimum absolute atomic E-state index is 0.0193. The quantitative estimate of drug-likeness (QED) is 0.701. The first-order valence-electron chi connectivity index (χ1n) is 8.67. The molecule has 1 heterocycles. The summed E-state index contributed by atoms with van der Waals surface area (Å²) in [5.74, 6) is 0.396. The lowest BCUT2D eigenvalue weighted by molar-refractivity contribution is -0.122. The van der Waals surface area contributed by atoms with Crippen LogP contribution in [0.1, 0.15) is 51.2 Å². The van der Waals surface area contributed by atoms with Crippen LogP contribution in [0.3, 0.4) is 0 Å². The number of rotatable bonds is 7. The van der Waals surface area contributed by atoms with E-state index in [2.05, 4.69) is 9.71 Å². The van der Waals surface area contributed by atoms with Crippen molar-refractivity contribution in [2.75, 3.05) is 13.2 Å². The molecule has 1 aromatic rings. The highest BCUT2D eigenvalue weighted by atomic mass is 32.2. The van der Waals surface area contributed by atoms with Crippen molar-refractivity contribution < 1.29 is 17.9 Å². The van der Waals surface area contributed by atoms with Gasteiger partial charge in [-0.05, 0) is 29.9 Å². The van der Waals surface area contributed by atoms with Crippen molar-refractivity contribution >= 4 is 21.8 Å². The number of nitrogens with one attached hydrogen (secondary N) is 1. The van der Waals surface area contributed by atoms with E-state index in [4.69, 9.17) is 10.5 Å². The van der Waals surface area contributed by atoms with Crippen LogP contribution >= 0.6 is 0 Å². The molecule has 0 atom stereocenters. The van der Waals surface area contributed by atoms with Crippen molar-refractivity contribution in [1.82, 2.24) is 5.32 Å². The summed E-state index contributed by atoms with van der Waals surface area (Å²) in [6.07, 6.45) is 2.05. The Kier molecular flexibility index (Phi) is 6.28. The Labute approximate surface area is 155 Å². The molecule has 3 N–H and O–H groups in total. The van der Waals surface area contributed by atoms with Crippen LogP contribution in [-0.2, 0) is 20.6 Å². The second-order valence-electron chi connectivity index (χ2n) is 7.64. The molecule has 0 fully saturated rings. The van der Waals surface area contributed by atoms with E-state index in [0.29, 0.717) is 36.4 Å². The van der Waals surface area contributed by atoms with Gasteiger partial charge < -0.3 is 15.8 Å². The van der Waals surface area contributed by atoms with Crippen molar-refractivity contribution in [3.8, 4) is 5.75 Å². The Hall–Kier alpha value is -2.09. The average molecular weight is 381 g/mol. The summed E-state index contributed by atoms with van der Waals surface area (Å²) in [6.45, 7) is 7.14. The zero-order chi connectivity index (χ0) is 19.4. The van der Waals surface area contributed by atoms with E-state index in [-0.39, 0.29) is 22.9 Å². The molecule has 0 saturated carbocycles. The summed E-state index contributed by atoms with van der Waals surface area (Å²) in [6, 6.07) is 5.21. The predicted octanol–water partition coefficient (Wildman–Crippen LogP) is 1.95. The standard InChI is InChI=1S/C18H27N3O4S/c1-18(2,3)11-15(22)20-9-4-5-10-25-14-8-6-7-13-12-26(23,24)21-17(19)16(13)14/h6-8H,4-5,9-12H2,1-3H3,(H2,19,21)(H,20,22). The highest BCUT2D eigenvalue weighted by Crippen LogP contribution is 2.28. The monoisotopic (exact) mass is 381 g/mol. The molecule has 1 aliphatic heterocycles. The first-order chi connectivity index (χ1) is 12.1. The van der Waals surface area contributed by atoms with Crippen LogP contribution < -0.4 is 15.8 Å². The van der Waals surface area contributed by atoms with Gasteiger partial charge in [0.2, 0.25) is 5.91 Å². The van der Waals surface area contributed by atoms with E-state index in [0.717, 1.165) is 12.8 Å². The molecule has 2 rings (SSSR count). The van der Waals surface area contributed by atoms with Crippen molar-refractivity contribution in [3.63, 3.8) is 0 Å². The van der Waals surface area contributed by atoms with Crippen molar-refractivity contribution in [3.05, 3.63) is 29.3 Å². The van der Waals surface area contributed by atoms with Gasteiger partial charge in [-0.15, -0.1) is 4.40 Å². The number of nitrogens with two attached hydrogens (primary N) is 1. The van der Waals surface area contributed by atoms with Gasteiger partial charge in [-0.25, -0.2) is 8.42 Å². The third-order valence-electron chi connectivity index (χ3n) is 3.79. The number of amidine groups is 1. The second kappa shape index (κ2) is 8.07. The topological polar surface area (TPSA) is 111 Å². The largest absolute Gasteiger partial charge is 0.493 e. The number of ether oxygens (including phenoxy) is 1. The van der Waals surface area contributed by atoms with Gasteiger partial charge in [-0.1, -0.05) is 32.9 Å². The summed E-state index contributed by atoms with van der Waals surface area (Å²) < 4.78 is 32.7. The van der Waals surface area contributed by atoms with E-state index in [1.54, 1.807) is 18.2 Å². The molecule has 1 amide bonds. The number of hydrogen-bond acceptors (Lipinski definition) is 5. The predicted molar refractivity (Wildman–Crippen MR) is 102 cm³/mol. The molecule has 0 unspecified atom stereocenters. The summed E-state index contributed by atoms with van der Waals surface area (Å²) in [4.78, 5) is 11.7. The summed E-state index contributed by atoms with van der Waals surface area (Å²) in [5.41, 5.74) is 6.94. The molecule has 8 heteroatoms. The molecule has 0 saturated heterocycles. The minimum atomic E-state index is -3.55. The van der Waals surface area contributed by atoms with E-state index in [1.165, 1.54) is 0 Å². The molecular formula is C18H27N3O4S. The zero-order valence-electron chi connectivity index (χ0n) is 15.5. The molecule has 0 aliphatic carbocycles. The lowest BCUT2D eigenvalue weighted by atomic mass is 9.92. The Bertz CT molecular complexity index is 795. The maximum atomic E-state index is 11.7. The lowest BCUT2D eigenvalue weighted by Gasteiger charge is -2.18. The molecule has 1 aliphatic rings. The Morgan fingerprint density at radius 1 is 1.31 bits per heavy atom. The van der Waals surface area contributed by atoms with E-state index >= 15 is 0 Å². The van der Waals surface area contributed by atoms with Gasteiger partial charge in [0.25, 0.3) is 10.0 Å². The third-order valence-corrected chi connectivity index (χ3v) is 4.94. The normalized spacial score (nSPS) is 15.7. The lowest BCUT2D eigenvalue weighted by Crippen LogP contribution is -2.28. The molecule has 0 spiro atoms. The number of carbonyl (C=O) groups is 1. The molecule has 7 nitrogen and oxygen atoms in total. The van der Waals surface area contributed by atoms with Crippen LogP contribution in [0.4, 0.5) is 0 Å². The first kappa shape index (κ1) is 20.2. The van der Waals surface area contributed by atoms with Gasteiger partial charge in [0, 0.05) is 13.0 Å². The zero-order valence-corrected chi connectivity index (χ0v) is 16.4. The molecule has 0 bridgehead atoms. The van der Waals surface area contributed by atoms with Gasteiger partial charge in [-0.2, -0.15) is 0 Å². The highest BCUT2D eigenvalue weighted by Gasteiger charge is 2.25. The average Bonchev–Trinajstić information content (AvgIpc) is 2.47. The van der Waals surface area contributed by atoms with Crippen LogP contribution in [0.25, 0.3) is 0 Å². The Balaban J connectivity index is 1.81. The number of sulfonamides is 1. The van der Waals surface area contributed by atoms with Gasteiger partial charge in [0.05, 0.1) is 17.9 Å².